The number of likely N-dealkylation sites (tertiary alicyclic amines) is 1. The number of hydrogen-bond acceptors (Lipinski definition) is 2. The Balaban J connectivity index is 2.60. The Morgan fingerprint density at radius 3 is 2.20 bits per heavy atom. The van der Waals surface area contributed by atoms with Crippen molar-refractivity contribution in [1.29, 1.82) is 0 Å². The molecule has 0 aliphatic carbocycles. The molecule has 2 nitrogen and oxygen atoms in total. The fourth-order valence-electron chi connectivity index (χ4n) is 1.82. The van der Waals surface area contributed by atoms with E-state index in [-0.39, 0.29) is 18.6 Å². The number of alkyl halides is 2. The smallest absolute Gasteiger partial charge is 0.262 e. The van der Waals surface area contributed by atoms with E-state index >= 15 is 0 Å². The number of rotatable bonds is 2. The molecular weight excluding hydrogens is 200 g/mol. The topological polar surface area (TPSA) is 12.5 Å². The van der Waals surface area contributed by atoms with E-state index < -0.39 is 11.5 Å². The second-order valence-corrected chi connectivity index (χ2v) is 5.79. The Labute approximate surface area is 90.6 Å². The van der Waals surface area contributed by atoms with E-state index in [1.807, 2.05) is 27.7 Å². The molecule has 1 rings (SSSR count). The van der Waals surface area contributed by atoms with E-state index in [2.05, 4.69) is 0 Å². The summed E-state index contributed by atoms with van der Waals surface area (Å²) in [5.74, 6) is -2.58. The minimum absolute atomic E-state index is 0.118. The molecule has 0 aromatic heterocycles. The minimum Gasteiger partial charge on any atom is -0.374 e. The molecule has 1 fully saturated rings. The maximum Gasteiger partial charge on any atom is 0.262 e. The Kier molecular flexibility index (Phi) is 3.14. The van der Waals surface area contributed by atoms with Crippen molar-refractivity contribution >= 4 is 0 Å². The van der Waals surface area contributed by atoms with Crippen molar-refractivity contribution < 1.29 is 13.5 Å². The summed E-state index contributed by atoms with van der Waals surface area (Å²) < 4.78 is 32.0. The minimum atomic E-state index is -2.58. The van der Waals surface area contributed by atoms with Crippen molar-refractivity contribution in [2.75, 3.05) is 20.2 Å². The van der Waals surface area contributed by atoms with Gasteiger partial charge in [0.1, 0.15) is 0 Å². The van der Waals surface area contributed by atoms with Gasteiger partial charge in [-0.1, -0.05) is 0 Å². The highest BCUT2D eigenvalue weighted by molar-refractivity contribution is 4.99. The number of ether oxygens (including phenoxy) is 1. The highest BCUT2D eigenvalue weighted by Gasteiger charge is 2.50. The molecule has 1 aliphatic heterocycles. The molecule has 1 saturated heterocycles. The first kappa shape index (κ1) is 12.8. The highest BCUT2D eigenvalue weighted by Crippen LogP contribution is 2.38. The van der Waals surface area contributed by atoms with Crippen LogP contribution in [-0.4, -0.2) is 42.2 Å². The van der Waals surface area contributed by atoms with Crippen molar-refractivity contribution in [3.8, 4) is 0 Å². The van der Waals surface area contributed by atoms with Gasteiger partial charge < -0.3 is 4.74 Å². The summed E-state index contributed by atoms with van der Waals surface area (Å²) in [6, 6.07) is 0. The van der Waals surface area contributed by atoms with Crippen LogP contribution in [0.5, 0.6) is 0 Å². The fourth-order valence-corrected chi connectivity index (χ4v) is 1.82. The molecule has 0 aromatic carbocycles. The Bertz CT molecular complexity index is 237. The first-order valence-electron chi connectivity index (χ1n) is 5.27. The van der Waals surface area contributed by atoms with Crippen LogP contribution in [0, 0.1) is 0 Å². The van der Waals surface area contributed by atoms with E-state index in [1.165, 1.54) is 0 Å². The molecule has 0 spiro atoms. The van der Waals surface area contributed by atoms with Gasteiger partial charge in [-0.05, 0) is 34.7 Å². The molecule has 0 bridgehead atoms. The lowest BCUT2D eigenvalue weighted by atomic mass is 9.99. The van der Waals surface area contributed by atoms with E-state index in [9.17, 15) is 8.78 Å². The third kappa shape index (κ3) is 3.38. The summed E-state index contributed by atoms with van der Waals surface area (Å²) in [5, 5.41) is 0. The van der Waals surface area contributed by atoms with Gasteiger partial charge in [-0.25, -0.2) is 8.78 Å². The van der Waals surface area contributed by atoms with Crippen LogP contribution in [0.1, 0.15) is 34.1 Å². The van der Waals surface area contributed by atoms with Crippen LogP contribution >= 0.6 is 0 Å². The van der Waals surface area contributed by atoms with Crippen molar-refractivity contribution in [3.63, 3.8) is 0 Å². The van der Waals surface area contributed by atoms with Gasteiger partial charge in [0.25, 0.3) is 5.92 Å². The van der Waals surface area contributed by atoms with Crippen molar-refractivity contribution in [3.05, 3.63) is 0 Å². The lowest BCUT2D eigenvalue weighted by Gasteiger charge is -2.34. The second-order valence-electron chi connectivity index (χ2n) is 5.79. The van der Waals surface area contributed by atoms with Crippen LogP contribution in [0.2, 0.25) is 0 Å². The molecule has 0 radical (unpaired) electrons. The molecule has 1 aliphatic rings. The van der Waals surface area contributed by atoms with Gasteiger partial charge >= 0.3 is 0 Å². The Morgan fingerprint density at radius 1 is 1.33 bits per heavy atom. The van der Waals surface area contributed by atoms with E-state index in [1.54, 1.807) is 11.9 Å². The molecule has 4 heteroatoms. The standard InChI is InChI=1S/C11H21F2NO/c1-9(2,3)15-8-10(4)6-11(12,13)7-14(10)5/h6-8H2,1-5H3. The predicted molar refractivity (Wildman–Crippen MR) is 56.3 cm³/mol. The van der Waals surface area contributed by atoms with Crippen LogP contribution in [0.25, 0.3) is 0 Å². The summed E-state index contributed by atoms with van der Waals surface area (Å²) in [4.78, 5) is 1.69. The van der Waals surface area contributed by atoms with Gasteiger partial charge in [0.05, 0.1) is 18.8 Å². The Hall–Kier alpha value is -0.220. The van der Waals surface area contributed by atoms with Gasteiger partial charge in [-0.3, -0.25) is 4.90 Å². The van der Waals surface area contributed by atoms with E-state index in [4.69, 9.17) is 4.74 Å². The zero-order valence-corrected chi connectivity index (χ0v) is 10.2. The molecule has 15 heavy (non-hydrogen) atoms. The van der Waals surface area contributed by atoms with Crippen LogP contribution in [0.15, 0.2) is 0 Å². The maximum absolute atomic E-state index is 13.2. The average Bonchev–Trinajstić information content (AvgIpc) is 2.17. The second kappa shape index (κ2) is 3.67. The number of nitrogens with zero attached hydrogens (tertiary/aromatic N) is 1. The van der Waals surface area contributed by atoms with Crippen LogP contribution < -0.4 is 0 Å². The largest absolute Gasteiger partial charge is 0.374 e. The molecule has 90 valence electrons. The molecule has 0 aromatic rings. The molecular formula is C11H21F2NO. The fraction of sp³-hybridized carbons (Fsp3) is 1.00. The van der Waals surface area contributed by atoms with Crippen molar-refractivity contribution in [1.82, 2.24) is 4.90 Å². The summed E-state index contributed by atoms with van der Waals surface area (Å²) in [7, 11) is 1.73. The Morgan fingerprint density at radius 2 is 1.87 bits per heavy atom. The molecule has 1 atom stereocenters. The van der Waals surface area contributed by atoms with Crippen molar-refractivity contribution in [2.45, 2.75) is 51.2 Å². The zero-order chi connectivity index (χ0) is 11.9. The van der Waals surface area contributed by atoms with Gasteiger partial charge in [0.2, 0.25) is 0 Å². The predicted octanol–water partition coefficient (Wildman–Crippen LogP) is 2.53. The average molecular weight is 221 g/mol. The molecule has 1 heterocycles. The molecule has 1 unspecified atom stereocenters. The monoisotopic (exact) mass is 221 g/mol. The number of halogens is 2. The maximum atomic E-state index is 13.2. The lowest BCUT2D eigenvalue weighted by molar-refractivity contribution is -0.0548. The normalized spacial score (nSPS) is 32.2. The van der Waals surface area contributed by atoms with E-state index in [0.717, 1.165) is 0 Å². The lowest BCUT2D eigenvalue weighted by Crippen LogP contribution is -2.44. The van der Waals surface area contributed by atoms with Gasteiger partial charge in [-0.15, -0.1) is 0 Å². The van der Waals surface area contributed by atoms with Gasteiger partial charge in [0.15, 0.2) is 0 Å². The third-order valence-electron chi connectivity index (χ3n) is 2.85. The van der Waals surface area contributed by atoms with E-state index in [0.29, 0.717) is 6.61 Å². The van der Waals surface area contributed by atoms with Gasteiger partial charge in [-0.2, -0.15) is 0 Å². The van der Waals surface area contributed by atoms with Crippen molar-refractivity contribution in [2.24, 2.45) is 0 Å². The summed E-state index contributed by atoms with van der Waals surface area (Å²) in [5.41, 5.74) is -0.821. The first-order chi connectivity index (χ1) is 6.54. The first-order valence-corrected chi connectivity index (χ1v) is 5.27. The SMILES string of the molecule is CN1CC(F)(F)CC1(C)COC(C)(C)C. The third-order valence-corrected chi connectivity index (χ3v) is 2.85. The van der Waals surface area contributed by atoms with Crippen LogP contribution in [0.4, 0.5) is 8.78 Å². The summed E-state index contributed by atoms with van der Waals surface area (Å²) in [6.07, 6.45) is -0.118. The summed E-state index contributed by atoms with van der Waals surface area (Å²) in [6.45, 7) is 7.82. The zero-order valence-electron chi connectivity index (χ0n) is 10.2. The molecule has 0 saturated carbocycles. The van der Waals surface area contributed by atoms with Crippen LogP contribution in [0.3, 0.4) is 0 Å². The summed E-state index contributed by atoms with van der Waals surface area (Å²) >= 11 is 0. The van der Waals surface area contributed by atoms with Gasteiger partial charge in [0, 0.05) is 12.0 Å². The molecule has 0 N–H and O–H groups in total. The number of likely N-dealkylation sites (N-methyl/N-ethyl adjacent to an activating group) is 1. The molecule has 0 amide bonds. The highest BCUT2D eigenvalue weighted by atomic mass is 19.3. The quantitative estimate of drug-likeness (QED) is 0.710. The van der Waals surface area contributed by atoms with Crippen LogP contribution in [-0.2, 0) is 4.74 Å². The number of hydrogen-bond donors (Lipinski definition) is 0.